The van der Waals surface area contributed by atoms with Crippen LogP contribution < -0.4 is 0 Å². The molecule has 0 radical (unpaired) electrons. The highest BCUT2D eigenvalue weighted by Crippen LogP contribution is 2.30. The first-order chi connectivity index (χ1) is 9.00. The number of hydrogen-bond donors (Lipinski definition) is 2. The number of aryl methyl sites for hydroxylation is 1. The lowest BCUT2D eigenvalue weighted by molar-refractivity contribution is -0.149. The van der Waals surface area contributed by atoms with Gasteiger partial charge in [-0.15, -0.1) is 0 Å². The molecule has 0 bridgehead atoms. The van der Waals surface area contributed by atoms with Gasteiger partial charge in [-0.1, -0.05) is 29.8 Å². The van der Waals surface area contributed by atoms with E-state index in [-0.39, 0.29) is 0 Å². The van der Waals surface area contributed by atoms with E-state index in [0.717, 1.165) is 5.56 Å². The molecule has 5 nitrogen and oxygen atoms in total. The molecule has 1 heterocycles. The maximum absolute atomic E-state index is 11.5. The van der Waals surface area contributed by atoms with E-state index in [0.29, 0.717) is 24.9 Å². The molecule has 1 saturated heterocycles. The zero-order valence-electron chi connectivity index (χ0n) is 10.7. The highest BCUT2D eigenvalue weighted by molar-refractivity contribution is 5.79. The average Bonchev–Trinajstić information content (AvgIpc) is 2.78. The number of benzene rings is 1. The molecular weight excluding hydrogens is 246 g/mol. The summed E-state index contributed by atoms with van der Waals surface area (Å²) in [5.41, 5.74) is 1.61. The predicted octanol–water partition coefficient (Wildman–Crippen LogP) is 1.67. The van der Waals surface area contributed by atoms with Crippen molar-refractivity contribution in [2.24, 2.45) is 0 Å². The molecule has 1 aliphatic heterocycles. The number of hydrogen-bond acceptors (Lipinski definition) is 3. The summed E-state index contributed by atoms with van der Waals surface area (Å²) >= 11 is 0. The Labute approximate surface area is 111 Å². The van der Waals surface area contributed by atoms with Crippen LogP contribution in [0.15, 0.2) is 24.3 Å². The Morgan fingerprint density at radius 1 is 1.37 bits per heavy atom. The van der Waals surface area contributed by atoms with Gasteiger partial charge in [0.15, 0.2) is 0 Å². The molecule has 1 aromatic rings. The zero-order valence-corrected chi connectivity index (χ0v) is 10.7. The van der Waals surface area contributed by atoms with Crippen LogP contribution in [-0.4, -0.2) is 39.6 Å². The van der Waals surface area contributed by atoms with Crippen molar-refractivity contribution in [3.05, 3.63) is 35.4 Å². The van der Waals surface area contributed by atoms with Gasteiger partial charge < -0.3 is 10.2 Å². The van der Waals surface area contributed by atoms with E-state index < -0.39 is 24.0 Å². The highest BCUT2D eigenvalue weighted by atomic mass is 16.4. The van der Waals surface area contributed by atoms with Crippen LogP contribution in [-0.2, 0) is 9.59 Å². The summed E-state index contributed by atoms with van der Waals surface area (Å²) in [6.45, 7) is 2.39. The van der Waals surface area contributed by atoms with Crippen LogP contribution in [0.3, 0.4) is 0 Å². The largest absolute Gasteiger partial charge is 0.480 e. The molecule has 1 fully saturated rings. The molecule has 0 aliphatic carbocycles. The van der Waals surface area contributed by atoms with E-state index in [1.807, 2.05) is 13.0 Å². The molecule has 0 amide bonds. The molecule has 5 heteroatoms. The van der Waals surface area contributed by atoms with Crippen LogP contribution >= 0.6 is 0 Å². The van der Waals surface area contributed by atoms with Crippen molar-refractivity contribution in [2.75, 3.05) is 6.54 Å². The van der Waals surface area contributed by atoms with Gasteiger partial charge in [-0.3, -0.25) is 14.5 Å². The topological polar surface area (TPSA) is 77.8 Å². The molecule has 2 atom stereocenters. The summed E-state index contributed by atoms with van der Waals surface area (Å²) in [4.78, 5) is 24.3. The van der Waals surface area contributed by atoms with E-state index in [2.05, 4.69) is 0 Å². The molecule has 2 unspecified atom stereocenters. The average molecular weight is 263 g/mol. The summed E-state index contributed by atoms with van der Waals surface area (Å²) in [7, 11) is 0. The number of rotatable bonds is 4. The molecule has 0 saturated carbocycles. The maximum atomic E-state index is 11.5. The van der Waals surface area contributed by atoms with Crippen molar-refractivity contribution in [2.45, 2.75) is 31.8 Å². The zero-order chi connectivity index (χ0) is 14.0. The normalized spacial score (nSPS) is 21.2. The molecule has 1 aliphatic rings. The first-order valence-electron chi connectivity index (χ1n) is 6.28. The molecular formula is C14H17NO4. The Morgan fingerprint density at radius 3 is 2.68 bits per heavy atom. The summed E-state index contributed by atoms with van der Waals surface area (Å²) in [5.74, 6) is -1.95. The van der Waals surface area contributed by atoms with Gasteiger partial charge in [-0.25, -0.2) is 0 Å². The summed E-state index contributed by atoms with van der Waals surface area (Å²) < 4.78 is 0. The predicted molar refractivity (Wildman–Crippen MR) is 68.9 cm³/mol. The fourth-order valence-corrected chi connectivity index (χ4v) is 2.68. The van der Waals surface area contributed by atoms with E-state index in [1.54, 1.807) is 23.1 Å². The van der Waals surface area contributed by atoms with Crippen molar-refractivity contribution in [1.82, 2.24) is 4.90 Å². The minimum atomic E-state index is -1.00. The van der Waals surface area contributed by atoms with Crippen molar-refractivity contribution in [3.63, 3.8) is 0 Å². The van der Waals surface area contributed by atoms with Crippen molar-refractivity contribution in [1.29, 1.82) is 0 Å². The van der Waals surface area contributed by atoms with Crippen molar-refractivity contribution >= 4 is 11.9 Å². The number of carbonyl (C=O) groups is 2. The number of aliphatic carboxylic acids is 2. The van der Waals surface area contributed by atoms with Crippen LogP contribution in [0, 0.1) is 6.92 Å². The van der Waals surface area contributed by atoms with Gasteiger partial charge in [-0.05, 0) is 25.3 Å². The number of nitrogens with zero attached hydrogens (tertiary/aromatic N) is 1. The summed E-state index contributed by atoms with van der Waals surface area (Å²) in [6.07, 6.45) is 1.22. The fourth-order valence-electron chi connectivity index (χ4n) is 2.68. The van der Waals surface area contributed by atoms with Gasteiger partial charge in [0.1, 0.15) is 12.1 Å². The van der Waals surface area contributed by atoms with E-state index in [1.165, 1.54) is 0 Å². The Bertz CT molecular complexity index is 500. The van der Waals surface area contributed by atoms with Gasteiger partial charge in [-0.2, -0.15) is 0 Å². The first kappa shape index (κ1) is 13.5. The second-order valence-corrected chi connectivity index (χ2v) is 4.89. The standard InChI is InChI=1S/C14H17NO4/c1-9-4-2-5-10(8-9)12(14(18)19)15-7-3-6-11(15)13(16)17/h2,4-5,8,11-12H,3,6-7H2,1H3,(H,16,17)(H,18,19). The fraction of sp³-hybridized carbons (Fsp3) is 0.429. The quantitative estimate of drug-likeness (QED) is 0.864. The van der Waals surface area contributed by atoms with Crippen LogP contribution in [0.1, 0.15) is 30.0 Å². The third-order valence-corrected chi connectivity index (χ3v) is 3.50. The summed E-state index contributed by atoms with van der Waals surface area (Å²) in [6, 6.07) is 5.64. The molecule has 19 heavy (non-hydrogen) atoms. The Morgan fingerprint density at radius 2 is 2.11 bits per heavy atom. The lowest BCUT2D eigenvalue weighted by Crippen LogP contribution is -2.41. The Kier molecular flexibility index (Phi) is 3.85. The molecule has 1 aromatic carbocycles. The van der Waals surface area contributed by atoms with Crippen LogP contribution in [0.5, 0.6) is 0 Å². The third kappa shape index (κ3) is 2.76. The minimum absolute atomic E-state index is 0.502. The van der Waals surface area contributed by atoms with Gasteiger partial charge >= 0.3 is 11.9 Å². The van der Waals surface area contributed by atoms with Crippen molar-refractivity contribution < 1.29 is 19.8 Å². The highest BCUT2D eigenvalue weighted by Gasteiger charge is 2.39. The monoisotopic (exact) mass is 263 g/mol. The second kappa shape index (κ2) is 5.40. The number of likely N-dealkylation sites (tertiary alicyclic amines) is 1. The summed E-state index contributed by atoms with van der Waals surface area (Å²) in [5, 5.41) is 18.6. The van der Waals surface area contributed by atoms with E-state index in [9.17, 15) is 19.8 Å². The molecule has 2 N–H and O–H groups in total. The van der Waals surface area contributed by atoms with Crippen LogP contribution in [0.4, 0.5) is 0 Å². The van der Waals surface area contributed by atoms with Gasteiger partial charge in [0.05, 0.1) is 0 Å². The van der Waals surface area contributed by atoms with Crippen LogP contribution in [0.25, 0.3) is 0 Å². The Hall–Kier alpha value is -1.88. The third-order valence-electron chi connectivity index (χ3n) is 3.50. The number of carboxylic acids is 2. The minimum Gasteiger partial charge on any atom is -0.480 e. The lowest BCUT2D eigenvalue weighted by atomic mass is 10.0. The van der Waals surface area contributed by atoms with Gasteiger partial charge in [0, 0.05) is 6.54 Å². The SMILES string of the molecule is Cc1cccc(C(C(=O)O)N2CCCC2C(=O)O)c1. The van der Waals surface area contributed by atoms with Crippen LogP contribution in [0.2, 0.25) is 0 Å². The number of carboxylic acid groups (broad SMARTS) is 2. The maximum Gasteiger partial charge on any atom is 0.325 e. The van der Waals surface area contributed by atoms with Gasteiger partial charge in [0.2, 0.25) is 0 Å². The first-order valence-corrected chi connectivity index (χ1v) is 6.28. The van der Waals surface area contributed by atoms with E-state index in [4.69, 9.17) is 0 Å². The molecule has 2 rings (SSSR count). The van der Waals surface area contributed by atoms with E-state index >= 15 is 0 Å². The second-order valence-electron chi connectivity index (χ2n) is 4.89. The Balaban J connectivity index is 2.35. The van der Waals surface area contributed by atoms with Gasteiger partial charge in [0.25, 0.3) is 0 Å². The van der Waals surface area contributed by atoms with Crippen molar-refractivity contribution in [3.8, 4) is 0 Å². The smallest absolute Gasteiger partial charge is 0.325 e. The lowest BCUT2D eigenvalue weighted by Gasteiger charge is -2.28. The molecule has 102 valence electrons. The molecule has 0 aromatic heterocycles. The molecule has 0 spiro atoms.